The molecule has 0 unspecified atom stereocenters. The third-order valence-electron chi connectivity index (χ3n) is 3.38. The minimum Gasteiger partial charge on any atom is -0.432 e. The van der Waals surface area contributed by atoms with E-state index >= 15 is 0 Å². The van der Waals surface area contributed by atoms with Gasteiger partial charge in [0.15, 0.2) is 0 Å². The van der Waals surface area contributed by atoms with Gasteiger partial charge in [0.25, 0.3) is 6.01 Å². The van der Waals surface area contributed by atoms with E-state index in [1.807, 2.05) is 30.1 Å². The van der Waals surface area contributed by atoms with Gasteiger partial charge in [-0.2, -0.15) is 4.98 Å². The standard InChI is InChI=1S/C15H18BrN3O/c1-19(9-11-4-2-3-5-14(11)16)15-18-13(10-20-15)8-17-12-6-7-12/h2-5,10,12,17H,6-9H2,1H3. The number of benzene rings is 1. The van der Waals surface area contributed by atoms with Crippen LogP contribution in [-0.2, 0) is 13.1 Å². The predicted molar refractivity (Wildman–Crippen MR) is 82.6 cm³/mol. The molecule has 1 aromatic heterocycles. The first-order chi connectivity index (χ1) is 9.72. The lowest BCUT2D eigenvalue weighted by atomic mass is 10.2. The van der Waals surface area contributed by atoms with Crippen molar-refractivity contribution < 1.29 is 4.42 Å². The number of hydrogen-bond donors (Lipinski definition) is 1. The highest BCUT2D eigenvalue weighted by Gasteiger charge is 2.20. The summed E-state index contributed by atoms with van der Waals surface area (Å²) in [5.74, 6) is 0. The number of nitrogens with zero attached hydrogens (tertiary/aromatic N) is 2. The van der Waals surface area contributed by atoms with Crippen molar-refractivity contribution in [2.75, 3.05) is 11.9 Å². The molecule has 1 N–H and O–H groups in total. The van der Waals surface area contributed by atoms with E-state index in [9.17, 15) is 0 Å². The SMILES string of the molecule is CN(Cc1ccccc1Br)c1nc(CNC2CC2)co1. The van der Waals surface area contributed by atoms with Crippen molar-refractivity contribution in [2.24, 2.45) is 0 Å². The Hall–Kier alpha value is -1.33. The number of aromatic nitrogens is 1. The van der Waals surface area contributed by atoms with Crippen molar-refractivity contribution in [2.45, 2.75) is 32.0 Å². The first-order valence-electron chi connectivity index (χ1n) is 6.84. The average Bonchev–Trinajstić information content (AvgIpc) is 3.15. The van der Waals surface area contributed by atoms with Crippen LogP contribution in [0.3, 0.4) is 0 Å². The van der Waals surface area contributed by atoms with Crippen molar-refractivity contribution in [1.82, 2.24) is 10.3 Å². The fourth-order valence-electron chi connectivity index (χ4n) is 2.04. The third-order valence-corrected chi connectivity index (χ3v) is 4.15. The molecule has 0 atom stereocenters. The van der Waals surface area contributed by atoms with Crippen molar-refractivity contribution in [1.29, 1.82) is 0 Å². The Balaban J connectivity index is 1.61. The molecular formula is C15H18BrN3O. The Labute approximate surface area is 127 Å². The third kappa shape index (κ3) is 3.41. The summed E-state index contributed by atoms with van der Waals surface area (Å²) in [6.45, 7) is 1.55. The summed E-state index contributed by atoms with van der Waals surface area (Å²) >= 11 is 3.56. The number of hydrogen-bond acceptors (Lipinski definition) is 4. The summed E-state index contributed by atoms with van der Waals surface area (Å²) < 4.78 is 6.66. The van der Waals surface area contributed by atoms with Gasteiger partial charge in [-0.3, -0.25) is 0 Å². The van der Waals surface area contributed by atoms with Crippen LogP contribution in [0.4, 0.5) is 6.01 Å². The molecule has 1 heterocycles. The predicted octanol–water partition coefficient (Wildman–Crippen LogP) is 3.33. The lowest BCUT2D eigenvalue weighted by Crippen LogP contribution is -2.18. The molecule has 0 spiro atoms. The van der Waals surface area contributed by atoms with Gasteiger partial charge >= 0.3 is 0 Å². The molecule has 1 aliphatic rings. The quantitative estimate of drug-likeness (QED) is 0.879. The second-order valence-electron chi connectivity index (χ2n) is 5.22. The molecule has 0 saturated heterocycles. The molecule has 2 aromatic rings. The van der Waals surface area contributed by atoms with E-state index in [1.54, 1.807) is 6.26 Å². The number of nitrogens with one attached hydrogen (secondary N) is 1. The summed E-state index contributed by atoms with van der Waals surface area (Å²) in [4.78, 5) is 6.53. The second kappa shape index (κ2) is 5.97. The van der Waals surface area contributed by atoms with Crippen molar-refractivity contribution in [3.05, 3.63) is 46.3 Å². The number of rotatable bonds is 6. The zero-order valence-electron chi connectivity index (χ0n) is 11.5. The highest BCUT2D eigenvalue weighted by atomic mass is 79.9. The topological polar surface area (TPSA) is 41.3 Å². The Morgan fingerprint density at radius 2 is 2.20 bits per heavy atom. The maximum atomic E-state index is 5.55. The normalized spacial score (nSPS) is 14.5. The summed E-state index contributed by atoms with van der Waals surface area (Å²) in [6, 6.07) is 9.54. The fourth-order valence-corrected chi connectivity index (χ4v) is 2.45. The van der Waals surface area contributed by atoms with Crippen molar-refractivity contribution >= 4 is 21.9 Å². The molecule has 106 valence electrons. The summed E-state index contributed by atoms with van der Waals surface area (Å²) in [5, 5.41) is 3.44. The molecule has 0 aliphatic heterocycles. The molecule has 0 amide bonds. The molecule has 1 saturated carbocycles. The smallest absolute Gasteiger partial charge is 0.297 e. The monoisotopic (exact) mass is 335 g/mol. The highest BCUT2D eigenvalue weighted by Crippen LogP contribution is 2.22. The Bertz CT molecular complexity index is 580. The lowest BCUT2D eigenvalue weighted by Gasteiger charge is -2.15. The first kappa shape index (κ1) is 13.6. The van der Waals surface area contributed by atoms with Crippen LogP contribution in [0.15, 0.2) is 39.4 Å². The molecule has 1 aromatic carbocycles. The number of oxazole rings is 1. The van der Waals surface area contributed by atoms with E-state index in [0.29, 0.717) is 12.1 Å². The van der Waals surface area contributed by atoms with E-state index in [4.69, 9.17) is 4.42 Å². The van der Waals surface area contributed by atoms with Crippen LogP contribution in [0.2, 0.25) is 0 Å². The minimum atomic E-state index is 0.661. The van der Waals surface area contributed by atoms with Gasteiger partial charge in [-0.25, -0.2) is 0 Å². The molecule has 3 rings (SSSR count). The maximum Gasteiger partial charge on any atom is 0.297 e. The van der Waals surface area contributed by atoms with Crippen molar-refractivity contribution in [3.63, 3.8) is 0 Å². The number of halogens is 1. The Morgan fingerprint density at radius 3 is 2.95 bits per heavy atom. The van der Waals surface area contributed by atoms with E-state index in [-0.39, 0.29) is 0 Å². The molecule has 20 heavy (non-hydrogen) atoms. The molecule has 0 bridgehead atoms. The van der Waals surface area contributed by atoms with Gasteiger partial charge in [-0.15, -0.1) is 0 Å². The zero-order chi connectivity index (χ0) is 13.9. The summed E-state index contributed by atoms with van der Waals surface area (Å²) in [7, 11) is 1.99. The largest absolute Gasteiger partial charge is 0.432 e. The zero-order valence-corrected chi connectivity index (χ0v) is 13.1. The van der Waals surface area contributed by atoms with Crippen LogP contribution in [0, 0.1) is 0 Å². The maximum absolute atomic E-state index is 5.55. The van der Waals surface area contributed by atoms with Gasteiger partial charge in [0.2, 0.25) is 0 Å². The van der Waals surface area contributed by atoms with Crippen LogP contribution in [0.25, 0.3) is 0 Å². The van der Waals surface area contributed by atoms with E-state index in [2.05, 4.69) is 32.3 Å². The van der Waals surface area contributed by atoms with Gasteiger partial charge in [-0.1, -0.05) is 34.1 Å². The molecular weight excluding hydrogens is 318 g/mol. The lowest BCUT2D eigenvalue weighted by molar-refractivity contribution is 0.542. The van der Waals surface area contributed by atoms with Gasteiger partial charge in [0.1, 0.15) is 6.26 Å². The minimum absolute atomic E-state index is 0.661. The van der Waals surface area contributed by atoms with Crippen LogP contribution >= 0.6 is 15.9 Å². The molecule has 1 fully saturated rings. The van der Waals surface area contributed by atoms with Crippen LogP contribution in [0.5, 0.6) is 0 Å². The van der Waals surface area contributed by atoms with Gasteiger partial charge in [-0.05, 0) is 24.5 Å². The van der Waals surface area contributed by atoms with E-state index in [0.717, 1.165) is 23.3 Å². The number of anilines is 1. The summed E-state index contributed by atoms with van der Waals surface area (Å²) in [5.41, 5.74) is 2.18. The average molecular weight is 336 g/mol. The Morgan fingerprint density at radius 1 is 1.40 bits per heavy atom. The molecule has 5 heteroatoms. The second-order valence-corrected chi connectivity index (χ2v) is 6.08. The van der Waals surface area contributed by atoms with Crippen LogP contribution < -0.4 is 10.2 Å². The Kier molecular flexibility index (Phi) is 4.08. The van der Waals surface area contributed by atoms with Gasteiger partial charge < -0.3 is 14.6 Å². The first-order valence-corrected chi connectivity index (χ1v) is 7.64. The van der Waals surface area contributed by atoms with E-state index in [1.165, 1.54) is 18.4 Å². The van der Waals surface area contributed by atoms with Gasteiger partial charge in [0, 0.05) is 30.7 Å². The van der Waals surface area contributed by atoms with Crippen molar-refractivity contribution in [3.8, 4) is 0 Å². The van der Waals surface area contributed by atoms with E-state index < -0.39 is 0 Å². The van der Waals surface area contributed by atoms with Crippen LogP contribution in [-0.4, -0.2) is 18.1 Å². The summed E-state index contributed by atoms with van der Waals surface area (Å²) in [6.07, 6.45) is 4.31. The molecule has 1 aliphatic carbocycles. The fraction of sp³-hybridized carbons (Fsp3) is 0.400. The molecule has 4 nitrogen and oxygen atoms in total. The molecule has 0 radical (unpaired) electrons. The van der Waals surface area contributed by atoms with Gasteiger partial charge in [0.05, 0.1) is 5.69 Å². The van der Waals surface area contributed by atoms with Crippen LogP contribution in [0.1, 0.15) is 24.1 Å². The highest BCUT2D eigenvalue weighted by molar-refractivity contribution is 9.10.